The molecule has 0 atom stereocenters. The molecule has 2 rings (SSSR count). The lowest BCUT2D eigenvalue weighted by atomic mass is 10.2. The lowest BCUT2D eigenvalue weighted by Gasteiger charge is -2.12. The summed E-state index contributed by atoms with van der Waals surface area (Å²) in [6.07, 6.45) is 0. The minimum atomic E-state index is -0.289. The highest BCUT2D eigenvalue weighted by Crippen LogP contribution is 2.26. The van der Waals surface area contributed by atoms with E-state index in [-0.39, 0.29) is 11.0 Å². The largest absolute Gasteiger partial charge is 0.493 e. The van der Waals surface area contributed by atoms with E-state index in [0.717, 1.165) is 18.2 Å². The second-order valence-corrected chi connectivity index (χ2v) is 7.95. The standard InChI is InChI=1S/C16H13Br2IN2O2S/c1-2-23-14-6-3-9(7-11(14)18)15(22)21-16(24)20-13-5-4-10(17)8-12(13)19/h3-8H,2H2,1H3,(H2,20,21,22,24). The molecule has 0 bridgehead atoms. The van der Waals surface area contributed by atoms with Crippen LogP contribution in [0.2, 0.25) is 0 Å². The fraction of sp³-hybridized carbons (Fsp3) is 0.125. The third-order valence-electron chi connectivity index (χ3n) is 2.90. The van der Waals surface area contributed by atoms with Crippen molar-refractivity contribution >= 4 is 83.4 Å². The summed E-state index contributed by atoms with van der Waals surface area (Å²) in [5.74, 6) is 0.405. The molecule has 126 valence electrons. The van der Waals surface area contributed by atoms with Gasteiger partial charge in [0.25, 0.3) is 5.91 Å². The molecule has 24 heavy (non-hydrogen) atoms. The third kappa shape index (κ3) is 5.40. The molecule has 0 spiro atoms. The Labute approximate surface area is 176 Å². The molecule has 0 aromatic heterocycles. The summed E-state index contributed by atoms with van der Waals surface area (Å²) in [5.41, 5.74) is 1.32. The van der Waals surface area contributed by atoms with Gasteiger partial charge in [-0.15, -0.1) is 0 Å². The van der Waals surface area contributed by atoms with Gasteiger partial charge in [0, 0.05) is 13.6 Å². The Hall–Kier alpha value is -0.710. The van der Waals surface area contributed by atoms with Crippen molar-refractivity contribution in [3.8, 4) is 5.75 Å². The summed E-state index contributed by atoms with van der Waals surface area (Å²) in [4.78, 5) is 12.3. The monoisotopic (exact) mass is 582 g/mol. The molecule has 0 saturated heterocycles. The Bertz CT molecular complexity index is 787. The van der Waals surface area contributed by atoms with Crippen molar-refractivity contribution in [2.24, 2.45) is 0 Å². The summed E-state index contributed by atoms with van der Waals surface area (Å²) in [5, 5.41) is 5.93. The van der Waals surface area contributed by atoms with Crippen molar-refractivity contribution in [2.75, 3.05) is 11.9 Å². The molecule has 0 fully saturated rings. The highest BCUT2D eigenvalue weighted by Gasteiger charge is 2.11. The molecule has 4 nitrogen and oxygen atoms in total. The van der Waals surface area contributed by atoms with Gasteiger partial charge in [0.2, 0.25) is 0 Å². The fourth-order valence-corrected chi connectivity index (χ4v) is 3.97. The van der Waals surface area contributed by atoms with Crippen molar-refractivity contribution in [1.82, 2.24) is 5.32 Å². The first kappa shape index (κ1) is 19.6. The number of rotatable bonds is 4. The molecule has 1 amide bonds. The maximum absolute atomic E-state index is 12.3. The number of carbonyl (C=O) groups is 1. The number of benzene rings is 2. The molecule has 0 aliphatic rings. The second kappa shape index (κ2) is 9.12. The third-order valence-corrected chi connectivity index (χ3v) is 5.11. The Morgan fingerprint density at radius 1 is 1.25 bits per heavy atom. The molecule has 0 unspecified atom stereocenters. The van der Waals surface area contributed by atoms with E-state index in [2.05, 4.69) is 65.1 Å². The van der Waals surface area contributed by atoms with Crippen molar-refractivity contribution < 1.29 is 9.53 Å². The first-order valence-corrected chi connectivity index (χ1v) is 9.97. The van der Waals surface area contributed by atoms with Gasteiger partial charge in [-0.3, -0.25) is 10.1 Å². The summed E-state index contributed by atoms with van der Waals surface area (Å²) >= 11 is 14.2. The van der Waals surface area contributed by atoms with Gasteiger partial charge >= 0.3 is 0 Å². The molecule has 0 aliphatic carbocycles. The van der Waals surface area contributed by atoms with Gasteiger partial charge in [-0.25, -0.2) is 0 Å². The number of halogens is 3. The predicted octanol–water partition coefficient (Wildman–Crippen LogP) is 5.34. The van der Waals surface area contributed by atoms with Crippen LogP contribution in [0.3, 0.4) is 0 Å². The first-order valence-electron chi connectivity index (χ1n) is 6.90. The van der Waals surface area contributed by atoms with Crippen LogP contribution >= 0.6 is 66.7 Å². The maximum Gasteiger partial charge on any atom is 0.257 e. The normalized spacial score (nSPS) is 10.2. The van der Waals surface area contributed by atoms with Crippen LogP contribution in [0.25, 0.3) is 0 Å². The number of anilines is 1. The number of amides is 1. The molecule has 2 aromatic carbocycles. The number of hydrogen-bond donors (Lipinski definition) is 2. The van der Waals surface area contributed by atoms with E-state index in [4.69, 9.17) is 17.0 Å². The fourth-order valence-electron chi connectivity index (χ4n) is 1.83. The smallest absolute Gasteiger partial charge is 0.257 e. The number of thiocarbonyl (C=S) groups is 1. The molecule has 0 heterocycles. The number of nitrogens with one attached hydrogen (secondary N) is 2. The van der Waals surface area contributed by atoms with Crippen LogP contribution in [0, 0.1) is 3.57 Å². The van der Waals surface area contributed by atoms with E-state index >= 15 is 0 Å². The van der Waals surface area contributed by atoms with E-state index in [0.29, 0.717) is 17.9 Å². The summed E-state index contributed by atoms with van der Waals surface area (Å²) in [6.45, 7) is 2.46. The zero-order valence-corrected chi connectivity index (χ0v) is 18.7. The molecule has 2 aromatic rings. The van der Waals surface area contributed by atoms with Gasteiger partial charge in [0.1, 0.15) is 5.75 Å². The summed E-state index contributed by atoms with van der Waals surface area (Å²) in [6, 6.07) is 10.9. The predicted molar refractivity (Wildman–Crippen MR) is 116 cm³/mol. The number of ether oxygens (including phenoxy) is 1. The molecule has 0 radical (unpaired) electrons. The number of carbonyl (C=O) groups excluding carboxylic acids is 1. The van der Waals surface area contributed by atoms with Crippen molar-refractivity contribution in [2.45, 2.75) is 6.92 Å². The van der Waals surface area contributed by atoms with Crippen LogP contribution in [-0.4, -0.2) is 17.6 Å². The van der Waals surface area contributed by atoms with Crippen molar-refractivity contribution in [3.05, 3.63) is 54.5 Å². The zero-order chi connectivity index (χ0) is 17.7. The first-order chi connectivity index (χ1) is 11.4. The average molecular weight is 584 g/mol. The Kier molecular flexibility index (Phi) is 7.45. The van der Waals surface area contributed by atoms with Crippen molar-refractivity contribution in [3.63, 3.8) is 0 Å². The molecular formula is C16H13Br2IN2O2S. The second-order valence-electron chi connectivity index (χ2n) is 4.61. The lowest BCUT2D eigenvalue weighted by Crippen LogP contribution is -2.34. The molecule has 0 aliphatic heterocycles. The van der Waals surface area contributed by atoms with Gasteiger partial charge in [0.05, 0.1) is 16.8 Å². The van der Waals surface area contributed by atoms with Crippen LogP contribution in [-0.2, 0) is 0 Å². The van der Waals surface area contributed by atoms with Gasteiger partial charge in [-0.05, 0) is 94.1 Å². The van der Waals surface area contributed by atoms with E-state index in [9.17, 15) is 4.79 Å². The summed E-state index contributed by atoms with van der Waals surface area (Å²) in [7, 11) is 0. The van der Waals surface area contributed by atoms with Crippen LogP contribution in [0.1, 0.15) is 17.3 Å². The van der Waals surface area contributed by atoms with Crippen LogP contribution in [0.5, 0.6) is 5.75 Å². The van der Waals surface area contributed by atoms with Crippen LogP contribution < -0.4 is 15.4 Å². The topological polar surface area (TPSA) is 50.4 Å². The average Bonchev–Trinajstić information content (AvgIpc) is 2.52. The molecular weight excluding hydrogens is 571 g/mol. The quantitative estimate of drug-likeness (QED) is 0.377. The van der Waals surface area contributed by atoms with E-state index in [1.54, 1.807) is 18.2 Å². The van der Waals surface area contributed by atoms with Crippen LogP contribution in [0.4, 0.5) is 5.69 Å². The Morgan fingerprint density at radius 3 is 2.62 bits per heavy atom. The molecule has 0 saturated carbocycles. The van der Waals surface area contributed by atoms with Gasteiger partial charge in [0.15, 0.2) is 5.11 Å². The molecule has 8 heteroatoms. The van der Waals surface area contributed by atoms with Crippen LogP contribution in [0.15, 0.2) is 45.3 Å². The van der Waals surface area contributed by atoms with E-state index in [1.165, 1.54) is 0 Å². The zero-order valence-electron chi connectivity index (χ0n) is 12.5. The van der Waals surface area contributed by atoms with Crippen molar-refractivity contribution in [1.29, 1.82) is 0 Å². The van der Waals surface area contributed by atoms with E-state index in [1.807, 2.05) is 25.1 Å². The highest BCUT2D eigenvalue weighted by molar-refractivity contribution is 14.1. The minimum Gasteiger partial charge on any atom is -0.493 e. The highest BCUT2D eigenvalue weighted by atomic mass is 127. The molecule has 2 N–H and O–H groups in total. The Morgan fingerprint density at radius 2 is 2.00 bits per heavy atom. The summed E-state index contributed by atoms with van der Waals surface area (Å²) < 4.78 is 8.12. The maximum atomic E-state index is 12.3. The minimum absolute atomic E-state index is 0.241. The lowest BCUT2D eigenvalue weighted by molar-refractivity contribution is 0.0977. The van der Waals surface area contributed by atoms with Gasteiger partial charge in [-0.2, -0.15) is 0 Å². The number of hydrogen-bond acceptors (Lipinski definition) is 3. The van der Waals surface area contributed by atoms with Gasteiger partial charge in [-0.1, -0.05) is 15.9 Å². The van der Waals surface area contributed by atoms with E-state index < -0.39 is 0 Å². The van der Waals surface area contributed by atoms with Gasteiger partial charge < -0.3 is 10.1 Å². The Balaban J connectivity index is 2.03. The SMILES string of the molecule is CCOc1ccc(C(=O)NC(=S)Nc2ccc(Br)cc2I)cc1Br.